The number of carbonyl (C=O) groups is 1. The highest BCUT2D eigenvalue weighted by Gasteiger charge is 2.33. The maximum atomic E-state index is 12.2. The number of halogens is 3. The van der Waals surface area contributed by atoms with Gasteiger partial charge in [0.2, 0.25) is 0 Å². The molecule has 0 radical (unpaired) electrons. The Hall–Kier alpha value is -1.54. The van der Waals surface area contributed by atoms with Crippen molar-refractivity contribution in [2.45, 2.75) is 36.6 Å². The van der Waals surface area contributed by atoms with Crippen LogP contribution in [0.5, 0.6) is 0 Å². The fourth-order valence-electron chi connectivity index (χ4n) is 4.29. The molecule has 158 valence electrons. The van der Waals surface area contributed by atoms with Crippen LogP contribution in [0.3, 0.4) is 0 Å². The molecule has 1 atom stereocenters. The van der Waals surface area contributed by atoms with Crippen LogP contribution < -0.4 is 0 Å². The summed E-state index contributed by atoms with van der Waals surface area (Å²) in [6.07, 6.45) is 2.61. The zero-order chi connectivity index (χ0) is 21.8. The number of aryl methyl sites for hydroxylation is 1. The summed E-state index contributed by atoms with van der Waals surface area (Å²) in [6.45, 7) is 0.425. The molecule has 0 aliphatic heterocycles. The fourth-order valence-corrected chi connectivity index (χ4v) is 6.25. The Bertz CT molecular complexity index is 1300. The molecule has 0 saturated carbocycles. The molecule has 3 aromatic rings. The first-order valence-corrected chi connectivity index (χ1v) is 12.7. The van der Waals surface area contributed by atoms with Crippen LogP contribution in [0, 0.1) is 0 Å². The van der Waals surface area contributed by atoms with Crippen molar-refractivity contribution in [3.63, 3.8) is 0 Å². The summed E-state index contributed by atoms with van der Waals surface area (Å²) in [6, 6.07) is 8.58. The molecule has 1 aliphatic rings. The van der Waals surface area contributed by atoms with Crippen molar-refractivity contribution in [2.24, 2.45) is 0 Å². The molecule has 0 saturated heterocycles. The van der Waals surface area contributed by atoms with Gasteiger partial charge in [0.25, 0.3) is 0 Å². The van der Waals surface area contributed by atoms with Crippen molar-refractivity contribution in [1.29, 1.82) is 0 Å². The summed E-state index contributed by atoms with van der Waals surface area (Å²) >= 11 is 16.0. The van der Waals surface area contributed by atoms with Crippen molar-refractivity contribution < 1.29 is 18.3 Å². The molecule has 0 fully saturated rings. The van der Waals surface area contributed by atoms with Crippen LogP contribution in [0.25, 0.3) is 10.9 Å². The third-order valence-electron chi connectivity index (χ3n) is 5.55. The first-order valence-electron chi connectivity index (χ1n) is 9.26. The van der Waals surface area contributed by atoms with Crippen LogP contribution in [0.2, 0.25) is 10.0 Å². The number of carboxylic acid groups (broad SMARTS) is 1. The summed E-state index contributed by atoms with van der Waals surface area (Å²) in [7, 11) is -3.40. The van der Waals surface area contributed by atoms with Crippen LogP contribution in [-0.2, 0) is 27.6 Å². The molecule has 30 heavy (non-hydrogen) atoms. The molecule has 1 heterocycles. The van der Waals surface area contributed by atoms with Crippen LogP contribution in [0.15, 0.2) is 39.7 Å². The molecule has 1 aliphatic carbocycles. The van der Waals surface area contributed by atoms with E-state index >= 15 is 0 Å². The van der Waals surface area contributed by atoms with Crippen LogP contribution >= 0.6 is 39.1 Å². The van der Waals surface area contributed by atoms with Crippen LogP contribution in [0.1, 0.15) is 35.6 Å². The lowest BCUT2D eigenvalue weighted by atomic mass is 10.0. The first kappa shape index (κ1) is 21.7. The van der Waals surface area contributed by atoms with Gasteiger partial charge in [0, 0.05) is 44.3 Å². The minimum absolute atomic E-state index is 0.0220. The Morgan fingerprint density at radius 3 is 2.63 bits per heavy atom. The Kier molecular flexibility index (Phi) is 5.68. The largest absolute Gasteiger partial charge is 0.481 e. The van der Waals surface area contributed by atoms with Crippen molar-refractivity contribution in [2.75, 3.05) is 6.26 Å². The lowest BCUT2D eigenvalue weighted by molar-refractivity contribution is -0.137. The average Bonchev–Trinajstić information content (AvgIpc) is 3.16. The number of aromatic nitrogens is 1. The van der Waals surface area contributed by atoms with E-state index in [2.05, 4.69) is 20.5 Å². The van der Waals surface area contributed by atoms with Crippen molar-refractivity contribution in [3.8, 4) is 0 Å². The van der Waals surface area contributed by atoms with E-state index in [-0.39, 0.29) is 17.2 Å². The van der Waals surface area contributed by atoms with Crippen molar-refractivity contribution >= 4 is 65.8 Å². The van der Waals surface area contributed by atoms with E-state index in [0.717, 1.165) is 27.7 Å². The number of nitrogens with zero attached hydrogens (tertiary/aromatic N) is 1. The number of fused-ring (bicyclic) bond motifs is 3. The van der Waals surface area contributed by atoms with Gasteiger partial charge in [-0.15, -0.1) is 0 Å². The summed E-state index contributed by atoms with van der Waals surface area (Å²) in [5, 5.41) is 11.3. The van der Waals surface area contributed by atoms with E-state index < -0.39 is 15.8 Å². The van der Waals surface area contributed by atoms with Gasteiger partial charge in [-0.25, -0.2) is 8.42 Å². The highest BCUT2D eigenvalue weighted by molar-refractivity contribution is 9.10. The number of aliphatic carboxylic acids is 1. The third-order valence-corrected chi connectivity index (χ3v) is 7.84. The quantitative estimate of drug-likeness (QED) is 0.461. The second-order valence-electron chi connectivity index (χ2n) is 7.59. The molecule has 0 amide bonds. The Morgan fingerprint density at radius 2 is 2.00 bits per heavy atom. The Balaban J connectivity index is 1.98. The molecular formula is C21H18BrCl2NO4S. The summed E-state index contributed by atoms with van der Waals surface area (Å²) < 4.78 is 27.1. The van der Waals surface area contributed by atoms with Gasteiger partial charge in [-0.1, -0.05) is 29.3 Å². The minimum atomic E-state index is -3.40. The Morgan fingerprint density at radius 1 is 1.27 bits per heavy atom. The highest BCUT2D eigenvalue weighted by atomic mass is 79.9. The fraction of sp³-hybridized carbons (Fsp3) is 0.286. The maximum Gasteiger partial charge on any atom is 0.304 e. The van der Waals surface area contributed by atoms with Crippen LogP contribution in [-0.4, -0.2) is 30.3 Å². The lowest BCUT2D eigenvalue weighted by Crippen LogP contribution is -2.11. The van der Waals surface area contributed by atoms with E-state index in [1.807, 2.05) is 6.07 Å². The predicted molar refractivity (Wildman–Crippen MR) is 122 cm³/mol. The van der Waals surface area contributed by atoms with E-state index in [0.29, 0.717) is 33.9 Å². The van der Waals surface area contributed by atoms with Gasteiger partial charge in [0.1, 0.15) is 0 Å². The van der Waals surface area contributed by atoms with Crippen molar-refractivity contribution in [3.05, 3.63) is 61.7 Å². The number of rotatable bonds is 5. The highest BCUT2D eigenvalue weighted by Crippen LogP contribution is 2.45. The molecule has 5 nitrogen and oxygen atoms in total. The zero-order valence-corrected chi connectivity index (χ0v) is 19.9. The normalized spacial score (nSPS) is 16.2. The van der Waals surface area contributed by atoms with Crippen molar-refractivity contribution in [1.82, 2.24) is 4.57 Å². The molecular weight excluding hydrogens is 513 g/mol. The average molecular weight is 531 g/mol. The van der Waals surface area contributed by atoms with E-state index in [1.54, 1.807) is 24.3 Å². The van der Waals surface area contributed by atoms with Gasteiger partial charge in [-0.05, 0) is 64.2 Å². The second kappa shape index (κ2) is 7.86. The smallest absolute Gasteiger partial charge is 0.304 e. The van der Waals surface area contributed by atoms with E-state index in [9.17, 15) is 18.3 Å². The molecule has 0 bridgehead atoms. The van der Waals surface area contributed by atoms with Gasteiger partial charge >= 0.3 is 5.97 Å². The lowest BCUT2D eigenvalue weighted by Gasteiger charge is -2.17. The van der Waals surface area contributed by atoms with Gasteiger partial charge in [0.05, 0.1) is 16.8 Å². The SMILES string of the molecule is CS(=O)(=O)c1cc(Br)c2c(c1)c1c(n2Cc2ccc(Cl)cc2Cl)C(CC(=O)O)CC1. The second-order valence-corrected chi connectivity index (χ2v) is 11.3. The number of benzene rings is 2. The molecule has 1 aromatic heterocycles. The summed E-state index contributed by atoms with van der Waals surface area (Å²) in [5.41, 5.74) is 3.63. The number of carboxylic acids is 1. The number of hydrogen-bond donors (Lipinski definition) is 1. The van der Waals surface area contributed by atoms with Gasteiger partial charge in [-0.3, -0.25) is 4.79 Å². The Labute approximate surface area is 192 Å². The maximum absolute atomic E-state index is 12.2. The van der Waals surface area contributed by atoms with Gasteiger partial charge in [-0.2, -0.15) is 0 Å². The van der Waals surface area contributed by atoms with E-state index in [4.69, 9.17) is 23.2 Å². The molecule has 1 unspecified atom stereocenters. The topological polar surface area (TPSA) is 76.4 Å². The number of hydrogen-bond acceptors (Lipinski definition) is 3. The molecule has 9 heteroatoms. The van der Waals surface area contributed by atoms with Gasteiger partial charge in [0.15, 0.2) is 9.84 Å². The summed E-state index contributed by atoms with van der Waals surface area (Å²) in [4.78, 5) is 11.7. The molecule has 1 N–H and O–H groups in total. The first-order chi connectivity index (χ1) is 14.1. The number of sulfone groups is 1. The molecule has 2 aromatic carbocycles. The predicted octanol–water partition coefficient (Wildman–Crippen LogP) is 5.67. The minimum Gasteiger partial charge on any atom is -0.481 e. The molecule has 4 rings (SSSR count). The standard InChI is InChI=1S/C21H18BrCl2NO4S/c1-30(28,29)14-8-16-15-5-3-11(6-19(26)27)20(15)25(21(16)17(22)9-14)10-12-2-4-13(23)7-18(12)24/h2,4,7-9,11H,3,5-6,10H2,1H3,(H,26,27). The van der Waals surface area contributed by atoms with Crippen LogP contribution in [0.4, 0.5) is 0 Å². The zero-order valence-electron chi connectivity index (χ0n) is 16.0. The van der Waals surface area contributed by atoms with E-state index in [1.165, 1.54) is 6.26 Å². The summed E-state index contributed by atoms with van der Waals surface area (Å²) in [5.74, 6) is -1.00. The van der Waals surface area contributed by atoms with Gasteiger partial charge < -0.3 is 9.67 Å². The third kappa shape index (κ3) is 3.88. The molecule has 0 spiro atoms. The monoisotopic (exact) mass is 529 g/mol.